The summed E-state index contributed by atoms with van der Waals surface area (Å²) in [5.74, 6) is -0.290. The molecule has 0 N–H and O–H groups in total. The van der Waals surface area contributed by atoms with Crippen molar-refractivity contribution in [3.63, 3.8) is 0 Å². The largest absolute Gasteiger partial charge is 0.466 e. The van der Waals surface area contributed by atoms with Gasteiger partial charge >= 0.3 is 5.97 Å². The molecule has 1 aromatic rings. The van der Waals surface area contributed by atoms with Gasteiger partial charge in [0.2, 0.25) is 0 Å². The summed E-state index contributed by atoms with van der Waals surface area (Å²) >= 11 is 0. The summed E-state index contributed by atoms with van der Waals surface area (Å²) in [5, 5.41) is 0. The molecular formula is C19H26O4. The minimum absolute atomic E-state index is 0.0305. The Morgan fingerprint density at radius 1 is 1.26 bits per heavy atom. The molecule has 1 unspecified atom stereocenters. The first-order valence-electron chi connectivity index (χ1n) is 8.71. The maximum Gasteiger partial charge on any atom is 0.309 e. The minimum Gasteiger partial charge on any atom is -0.466 e. The zero-order valence-electron chi connectivity index (χ0n) is 13.8. The molecule has 4 heteroatoms. The van der Waals surface area contributed by atoms with Crippen LogP contribution in [0.15, 0.2) is 30.3 Å². The molecular weight excluding hydrogens is 292 g/mol. The topological polar surface area (TPSA) is 44.8 Å². The summed E-state index contributed by atoms with van der Waals surface area (Å²) in [7, 11) is 0. The average Bonchev–Trinajstić information content (AvgIpc) is 3.02. The van der Waals surface area contributed by atoms with Gasteiger partial charge in [0.15, 0.2) is 5.79 Å². The number of aryl methyl sites for hydroxylation is 1. The van der Waals surface area contributed by atoms with E-state index in [-0.39, 0.29) is 17.8 Å². The Labute approximate surface area is 138 Å². The Bertz CT molecular complexity index is 507. The minimum atomic E-state index is -0.454. The number of carbonyl (C=O) groups excluding carboxylic acids is 1. The van der Waals surface area contributed by atoms with Crippen molar-refractivity contribution in [2.75, 3.05) is 19.8 Å². The number of esters is 1. The zero-order valence-corrected chi connectivity index (χ0v) is 13.8. The molecule has 1 saturated heterocycles. The number of ether oxygens (including phenoxy) is 3. The van der Waals surface area contributed by atoms with E-state index in [1.807, 2.05) is 13.0 Å². The van der Waals surface area contributed by atoms with Crippen molar-refractivity contribution in [3.05, 3.63) is 35.9 Å². The van der Waals surface area contributed by atoms with Crippen LogP contribution < -0.4 is 0 Å². The van der Waals surface area contributed by atoms with Gasteiger partial charge in [0.05, 0.1) is 25.7 Å². The first-order valence-corrected chi connectivity index (χ1v) is 8.71. The van der Waals surface area contributed by atoms with Gasteiger partial charge in [-0.25, -0.2) is 0 Å². The molecule has 1 spiro atoms. The zero-order chi connectivity index (χ0) is 16.1. The fourth-order valence-electron chi connectivity index (χ4n) is 3.87. The standard InChI is InChI=1S/C19H26O4/c1-2-21-18(20)17-10-11-19(22-12-13-23-19)14-16(17)9-8-15-6-4-3-5-7-15/h3-7,16-17H,2,8-14H2,1H3/t16?,17-/m0/s1. The number of benzene rings is 1. The lowest BCUT2D eigenvalue weighted by atomic mass is 9.73. The molecule has 3 rings (SSSR count). The molecule has 1 heterocycles. The lowest BCUT2D eigenvalue weighted by Crippen LogP contribution is -2.43. The van der Waals surface area contributed by atoms with Gasteiger partial charge in [0, 0.05) is 12.8 Å². The number of hydrogen-bond donors (Lipinski definition) is 0. The summed E-state index contributed by atoms with van der Waals surface area (Å²) < 4.78 is 17.0. The van der Waals surface area contributed by atoms with Crippen molar-refractivity contribution in [3.8, 4) is 0 Å². The molecule has 0 radical (unpaired) electrons. The number of rotatable bonds is 5. The highest BCUT2D eigenvalue weighted by Crippen LogP contribution is 2.43. The van der Waals surface area contributed by atoms with Crippen molar-refractivity contribution in [2.45, 2.75) is 44.8 Å². The maximum absolute atomic E-state index is 12.3. The Morgan fingerprint density at radius 2 is 2.00 bits per heavy atom. The predicted octanol–water partition coefficient (Wildman–Crippen LogP) is 3.34. The molecule has 1 aromatic carbocycles. The van der Waals surface area contributed by atoms with E-state index < -0.39 is 5.79 Å². The highest BCUT2D eigenvalue weighted by atomic mass is 16.7. The summed E-state index contributed by atoms with van der Waals surface area (Å²) in [4.78, 5) is 12.3. The van der Waals surface area contributed by atoms with E-state index in [1.165, 1.54) is 5.56 Å². The fraction of sp³-hybridized carbons (Fsp3) is 0.632. The summed E-state index contributed by atoms with van der Waals surface area (Å²) in [6.07, 6.45) is 4.30. The van der Waals surface area contributed by atoms with Crippen molar-refractivity contribution in [2.24, 2.45) is 11.8 Å². The third-order valence-electron chi connectivity index (χ3n) is 5.03. The van der Waals surface area contributed by atoms with Gasteiger partial charge in [-0.05, 0) is 37.7 Å². The Morgan fingerprint density at radius 3 is 2.70 bits per heavy atom. The van der Waals surface area contributed by atoms with E-state index in [1.54, 1.807) is 0 Å². The quantitative estimate of drug-likeness (QED) is 0.781. The van der Waals surface area contributed by atoms with Crippen molar-refractivity contribution >= 4 is 5.97 Å². The van der Waals surface area contributed by atoms with Gasteiger partial charge in [-0.3, -0.25) is 4.79 Å². The third-order valence-corrected chi connectivity index (χ3v) is 5.03. The first kappa shape index (κ1) is 16.5. The second-order valence-corrected chi connectivity index (χ2v) is 6.49. The third kappa shape index (κ3) is 3.93. The van der Waals surface area contributed by atoms with Crippen LogP contribution in [0.3, 0.4) is 0 Å². The Hall–Kier alpha value is -1.39. The molecule has 2 aliphatic rings. The van der Waals surface area contributed by atoms with Crippen LogP contribution >= 0.6 is 0 Å². The van der Waals surface area contributed by atoms with Gasteiger partial charge in [-0.1, -0.05) is 30.3 Å². The van der Waals surface area contributed by atoms with E-state index in [4.69, 9.17) is 14.2 Å². The molecule has 4 nitrogen and oxygen atoms in total. The van der Waals surface area contributed by atoms with Gasteiger partial charge in [0.25, 0.3) is 0 Å². The van der Waals surface area contributed by atoms with E-state index in [9.17, 15) is 4.79 Å². The first-order chi connectivity index (χ1) is 11.2. The molecule has 2 atom stereocenters. The smallest absolute Gasteiger partial charge is 0.309 e. The Kier molecular flexibility index (Phi) is 5.34. The predicted molar refractivity (Wildman–Crippen MR) is 86.9 cm³/mol. The van der Waals surface area contributed by atoms with Gasteiger partial charge in [-0.15, -0.1) is 0 Å². The molecule has 0 amide bonds. The van der Waals surface area contributed by atoms with Gasteiger partial charge < -0.3 is 14.2 Å². The summed E-state index contributed by atoms with van der Waals surface area (Å²) in [6, 6.07) is 10.4. The lowest BCUT2D eigenvalue weighted by Gasteiger charge is -2.40. The van der Waals surface area contributed by atoms with Crippen molar-refractivity contribution in [1.29, 1.82) is 0 Å². The number of hydrogen-bond acceptors (Lipinski definition) is 4. The molecule has 1 saturated carbocycles. The molecule has 0 aromatic heterocycles. The van der Waals surface area contributed by atoms with E-state index in [0.29, 0.717) is 19.8 Å². The second kappa shape index (κ2) is 7.45. The van der Waals surface area contributed by atoms with E-state index in [2.05, 4.69) is 24.3 Å². The second-order valence-electron chi connectivity index (χ2n) is 6.49. The number of carbonyl (C=O) groups is 1. The highest BCUT2D eigenvalue weighted by Gasteiger charge is 2.47. The lowest BCUT2D eigenvalue weighted by molar-refractivity contribution is -0.200. The van der Waals surface area contributed by atoms with Crippen LogP contribution in [0.25, 0.3) is 0 Å². The van der Waals surface area contributed by atoms with Crippen LogP contribution in [-0.4, -0.2) is 31.6 Å². The van der Waals surface area contributed by atoms with Crippen LogP contribution in [0.1, 0.15) is 38.2 Å². The molecule has 126 valence electrons. The molecule has 0 bridgehead atoms. The monoisotopic (exact) mass is 318 g/mol. The highest BCUT2D eigenvalue weighted by molar-refractivity contribution is 5.73. The van der Waals surface area contributed by atoms with E-state index >= 15 is 0 Å². The van der Waals surface area contributed by atoms with Gasteiger partial charge in [0.1, 0.15) is 0 Å². The molecule has 1 aliphatic carbocycles. The normalized spacial score (nSPS) is 26.3. The summed E-state index contributed by atoms with van der Waals surface area (Å²) in [5.41, 5.74) is 1.31. The van der Waals surface area contributed by atoms with Crippen LogP contribution in [-0.2, 0) is 25.4 Å². The van der Waals surface area contributed by atoms with E-state index in [0.717, 1.165) is 32.1 Å². The Balaban J connectivity index is 1.68. The van der Waals surface area contributed by atoms with Crippen molar-refractivity contribution in [1.82, 2.24) is 0 Å². The van der Waals surface area contributed by atoms with Crippen LogP contribution in [0.2, 0.25) is 0 Å². The van der Waals surface area contributed by atoms with Crippen LogP contribution in [0.4, 0.5) is 0 Å². The fourth-order valence-corrected chi connectivity index (χ4v) is 3.87. The van der Waals surface area contributed by atoms with Crippen LogP contribution in [0, 0.1) is 11.8 Å². The molecule has 1 aliphatic heterocycles. The molecule has 23 heavy (non-hydrogen) atoms. The van der Waals surface area contributed by atoms with Crippen molar-refractivity contribution < 1.29 is 19.0 Å². The SMILES string of the molecule is CCOC(=O)[C@H]1CCC2(CC1CCc1ccccc1)OCCO2. The maximum atomic E-state index is 12.3. The van der Waals surface area contributed by atoms with Crippen LogP contribution in [0.5, 0.6) is 0 Å². The molecule has 2 fully saturated rings. The van der Waals surface area contributed by atoms with Gasteiger partial charge in [-0.2, -0.15) is 0 Å². The average molecular weight is 318 g/mol. The summed E-state index contributed by atoms with van der Waals surface area (Å²) in [6.45, 7) is 3.63.